The minimum absolute atomic E-state index is 0.406. The highest BCUT2D eigenvalue weighted by Crippen LogP contribution is 2.30. The van der Waals surface area contributed by atoms with Crippen molar-refractivity contribution in [3.63, 3.8) is 0 Å². The van der Waals surface area contributed by atoms with Crippen LogP contribution in [0.25, 0.3) is 0 Å². The molecule has 1 rings (SSSR count). The molecule has 0 spiro atoms. The van der Waals surface area contributed by atoms with Crippen molar-refractivity contribution in [2.75, 3.05) is 13.2 Å². The molecular formula is C19H39N5. The molecule has 0 radical (unpaired) electrons. The number of aliphatic imine (C=N–C) groups is 2. The molecule has 0 fully saturated rings. The number of hydrogen-bond donors (Lipinski definition) is 3. The van der Waals surface area contributed by atoms with Crippen LogP contribution in [0, 0.1) is 5.41 Å². The van der Waals surface area contributed by atoms with Crippen molar-refractivity contribution >= 4 is 12.3 Å². The molecular weight excluding hydrogens is 298 g/mol. The second-order valence-corrected chi connectivity index (χ2v) is 7.79. The molecule has 5 heteroatoms. The van der Waals surface area contributed by atoms with Crippen molar-refractivity contribution in [3.8, 4) is 0 Å². The molecule has 2 atom stereocenters. The number of nitrogens with zero attached hydrogens (tertiary/aromatic N) is 2. The van der Waals surface area contributed by atoms with E-state index in [4.69, 9.17) is 0 Å². The van der Waals surface area contributed by atoms with E-state index in [1.54, 1.807) is 6.34 Å². The Morgan fingerprint density at radius 3 is 2.62 bits per heavy atom. The van der Waals surface area contributed by atoms with Gasteiger partial charge in [-0.3, -0.25) is 4.99 Å². The van der Waals surface area contributed by atoms with Crippen LogP contribution in [0.15, 0.2) is 9.98 Å². The van der Waals surface area contributed by atoms with Crippen molar-refractivity contribution in [2.24, 2.45) is 15.4 Å². The van der Waals surface area contributed by atoms with Gasteiger partial charge in [0.25, 0.3) is 0 Å². The molecule has 0 aromatic heterocycles. The van der Waals surface area contributed by atoms with Gasteiger partial charge in [0, 0.05) is 12.1 Å². The summed E-state index contributed by atoms with van der Waals surface area (Å²) in [6.45, 7) is 13.1. The highest BCUT2D eigenvalue weighted by atomic mass is 15.2. The number of rotatable bonds is 12. The van der Waals surface area contributed by atoms with Gasteiger partial charge in [0.15, 0.2) is 5.96 Å². The molecule has 1 aliphatic rings. The van der Waals surface area contributed by atoms with Gasteiger partial charge < -0.3 is 16.0 Å². The smallest absolute Gasteiger partial charge is 0.198 e. The van der Waals surface area contributed by atoms with Crippen molar-refractivity contribution in [1.82, 2.24) is 16.0 Å². The Hall–Kier alpha value is -1.10. The maximum absolute atomic E-state index is 4.37. The highest BCUT2D eigenvalue weighted by molar-refractivity contribution is 5.91. The molecule has 0 aliphatic carbocycles. The van der Waals surface area contributed by atoms with Crippen molar-refractivity contribution < 1.29 is 0 Å². The molecule has 1 heterocycles. The highest BCUT2D eigenvalue weighted by Gasteiger charge is 2.20. The number of nitrogens with one attached hydrogen (secondary N) is 3. The molecule has 2 unspecified atom stereocenters. The fourth-order valence-electron chi connectivity index (χ4n) is 3.25. The van der Waals surface area contributed by atoms with Crippen molar-refractivity contribution in [1.29, 1.82) is 0 Å². The van der Waals surface area contributed by atoms with Gasteiger partial charge in [0.2, 0.25) is 0 Å². The lowest BCUT2D eigenvalue weighted by molar-refractivity contribution is 0.267. The Bertz CT molecular complexity index is 389. The van der Waals surface area contributed by atoms with Crippen molar-refractivity contribution in [3.05, 3.63) is 0 Å². The molecule has 0 bridgehead atoms. The summed E-state index contributed by atoms with van der Waals surface area (Å²) in [5, 5.41) is 10.2. The maximum atomic E-state index is 4.37. The third-order valence-corrected chi connectivity index (χ3v) is 4.79. The summed E-state index contributed by atoms with van der Waals surface area (Å²) < 4.78 is 0. The third-order valence-electron chi connectivity index (χ3n) is 4.79. The van der Waals surface area contributed by atoms with Crippen LogP contribution in [0.1, 0.15) is 79.6 Å². The summed E-state index contributed by atoms with van der Waals surface area (Å²) in [5.74, 6) is 0.876. The topological polar surface area (TPSA) is 60.8 Å². The number of hydrogen-bond acceptors (Lipinski definition) is 5. The average Bonchev–Trinajstić information content (AvgIpc) is 2.54. The minimum atomic E-state index is 0.406. The lowest BCUT2D eigenvalue weighted by Crippen LogP contribution is -2.44. The minimum Gasteiger partial charge on any atom is -0.353 e. The van der Waals surface area contributed by atoms with Gasteiger partial charge in [0.1, 0.15) is 6.67 Å². The first-order valence-electron chi connectivity index (χ1n) is 9.76. The van der Waals surface area contributed by atoms with Crippen LogP contribution in [0.5, 0.6) is 0 Å². The molecule has 0 aromatic carbocycles. The summed E-state index contributed by atoms with van der Waals surface area (Å²) in [5.41, 5.74) is 0.406. The van der Waals surface area contributed by atoms with Crippen LogP contribution in [-0.2, 0) is 0 Å². The molecule has 0 saturated heterocycles. The van der Waals surface area contributed by atoms with Gasteiger partial charge in [-0.25, -0.2) is 4.99 Å². The Morgan fingerprint density at radius 2 is 2.00 bits per heavy atom. The fourth-order valence-corrected chi connectivity index (χ4v) is 3.25. The number of guanidine groups is 1. The van der Waals surface area contributed by atoms with E-state index in [1.165, 1.54) is 44.9 Å². The van der Waals surface area contributed by atoms with Gasteiger partial charge in [-0.05, 0) is 51.0 Å². The Balaban J connectivity index is 2.33. The standard InChI is InChI=1S/C19H39N5/c1-6-9-17(24-18-22-14-20-15-23-18)11-13-19(4,5)12-8-10-16(3)21-7-2/h14,16-17,21H,6-13,15H2,1-5H3,(H2,20,22,23,24). The van der Waals surface area contributed by atoms with Gasteiger partial charge in [0.05, 0.1) is 6.34 Å². The Kier molecular flexibility index (Phi) is 9.99. The average molecular weight is 338 g/mol. The second kappa shape index (κ2) is 11.5. The largest absolute Gasteiger partial charge is 0.353 e. The molecule has 140 valence electrons. The van der Waals surface area contributed by atoms with E-state index < -0.39 is 0 Å². The maximum Gasteiger partial charge on any atom is 0.198 e. The third kappa shape index (κ3) is 9.26. The van der Waals surface area contributed by atoms with E-state index in [0.29, 0.717) is 24.2 Å². The van der Waals surface area contributed by atoms with Crippen LogP contribution in [0.3, 0.4) is 0 Å². The zero-order chi connectivity index (χ0) is 17.8. The molecule has 0 saturated carbocycles. The second-order valence-electron chi connectivity index (χ2n) is 7.79. The van der Waals surface area contributed by atoms with Gasteiger partial charge in [-0.2, -0.15) is 0 Å². The molecule has 24 heavy (non-hydrogen) atoms. The Morgan fingerprint density at radius 1 is 1.21 bits per heavy atom. The molecule has 0 amide bonds. The SMILES string of the molecule is CCCC(CCC(C)(C)CCCC(C)NCC)NC1=NCN=CN1. The predicted molar refractivity (Wildman–Crippen MR) is 106 cm³/mol. The first kappa shape index (κ1) is 20.9. The van der Waals surface area contributed by atoms with E-state index >= 15 is 0 Å². The van der Waals surface area contributed by atoms with Gasteiger partial charge in [-0.15, -0.1) is 0 Å². The molecule has 3 N–H and O–H groups in total. The summed E-state index contributed by atoms with van der Waals surface area (Å²) in [6.07, 6.45) is 10.4. The summed E-state index contributed by atoms with van der Waals surface area (Å²) in [7, 11) is 0. The Labute approximate surface area is 149 Å². The van der Waals surface area contributed by atoms with Crippen LogP contribution < -0.4 is 16.0 Å². The van der Waals surface area contributed by atoms with E-state index in [0.717, 1.165) is 12.5 Å². The van der Waals surface area contributed by atoms with Crippen molar-refractivity contribution in [2.45, 2.75) is 91.6 Å². The van der Waals surface area contributed by atoms with Crippen LogP contribution >= 0.6 is 0 Å². The van der Waals surface area contributed by atoms with Gasteiger partial charge >= 0.3 is 0 Å². The predicted octanol–water partition coefficient (Wildman–Crippen LogP) is 3.66. The summed E-state index contributed by atoms with van der Waals surface area (Å²) in [6, 6.07) is 1.13. The molecule has 5 nitrogen and oxygen atoms in total. The first-order valence-corrected chi connectivity index (χ1v) is 9.76. The van der Waals surface area contributed by atoms with E-state index in [1.807, 2.05) is 0 Å². The molecule has 0 aromatic rings. The van der Waals surface area contributed by atoms with Crippen LogP contribution in [0.2, 0.25) is 0 Å². The summed E-state index contributed by atoms with van der Waals surface area (Å²) >= 11 is 0. The van der Waals surface area contributed by atoms with E-state index in [9.17, 15) is 0 Å². The molecule has 1 aliphatic heterocycles. The lowest BCUT2D eigenvalue weighted by Gasteiger charge is -2.29. The summed E-state index contributed by atoms with van der Waals surface area (Å²) in [4.78, 5) is 8.43. The monoisotopic (exact) mass is 337 g/mol. The van der Waals surface area contributed by atoms with Crippen LogP contribution in [-0.4, -0.2) is 37.6 Å². The van der Waals surface area contributed by atoms with E-state index in [-0.39, 0.29) is 0 Å². The fraction of sp³-hybridized carbons (Fsp3) is 0.895. The van der Waals surface area contributed by atoms with Crippen LogP contribution in [0.4, 0.5) is 0 Å². The quantitative estimate of drug-likeness (QED) is 0.509. The first-order chi connectivity index (χ1) is 11.5. The lowest BCUT2D eigenvalue weighted by atomic mass is 9.81. The van der Waals surface area contributed by atoms with Gasteiger partial charge in [-0.1, -0.05) is 40.5 Å². The zero-order valence-corrected chi connectivity index (χ0v) is 16.5. The van der Waals surface area contributed by atoms with E-state index in [2.05, 4.69) is 60.6 Å². The zero-order valence-electron chi connectivity index (χ0n) is 16.5. The normalized spacial score (nSPS) is 17.1.